The Morgan fingerprint density at radius 3 is 2.71 bits per heavy atom. The third-order valence-corrected chi connectivity index (χ3v) is 6.20. The highest BCUT2D eigenvalue weighted by atomic mass is 127. The van der Waals surface area contributed by atoms with E-state index in [1.54, 1.807) is 43.5 Å². The number of para-hydroxylation sites is 1. The lowest BCUT2D eigenvalue weighted by molar-refractivity contribution is -0.127. The number of imide groups is 1. The van der Waals surface area contributed by atoms with Gasteiger partial charge in [0.25, 0.3) is 11.1 Å². The number of benzene rings is 2. The Morgan fingerprint density at radius 2 is 2.03 bits per heavy atom. The van der Waals surface area contributed by atoms with Crippen LogP contribution in [0.4, 0.5) is 10.5 Å². The van der Waals surface area contributed by atoms with E-state index < -0.39 is 23.6 Å². The molecule has 31 heavy (non-hydrogen) atoms. The van der Waals surface area contributed by atoms with Gasteiger partial charge in [0, 0.05) is 0 Å². The van der Waals surface area contributed by atoms with Gasteiger partial charge in [-0.25, -0.2) is 0 Å². The van der Waals surface area contributed by atoms with Gasteiger partial charge in [0.05, 0.1) is 32.9 Å². The van der Waals surface area contributed by atoms with Crippen LogP contribution >= 0.6 is 46.0 Å². The van der Waals surface area contributed by atoms with Crippen LogP contribution in [0.15, 0.2) is 41.3 Å². The molecule has 2 aromatic rings. The summed E-state index contributed by atoms with van der Waals surface area (Å²) in [6, 6.07) is 10.3. The van der Waals surface area contributed by atoms with E-state index in [-0.39, 0.29) is 4.91 Å². The fraction of sp³-hybridized carbons (Fsp3) is 0.190. The van der Waals surface area contributed by atoms with Gasteiger partial charge in [0.1, 0.15) is 6.54 Å². The Bertz CT molecular complexity index is 1080. The first-order chi connectivity index (χ1) is 14.8. The van der Waals surface area contributed by atoms with Crippen molar-refractivity contribution in [3.63, 3.8) is 0 Å². The fourth-order valence-electron chi connectivity index (χ4n) is 2.82. The van der Waals surface area contributed by atoms with Gasteiger partial charge in [-0.15, -0.1) is 0 Å². The van der Waals surface area contributed by atoms with Crippen LogP contribution in [0.25, 0.3) is 6.08 Å². The second-order valence-electron chi connectivity index (χ2n) is 6.26. The van der Waals surface area contributed by atoms with Crippen LogP contribution in [0.1, 0.15) is 12.5 Å². The van der Waals surface area contributed by atoms with Crippen LogP contribution in [0.5, 0.6) is 11.5 Å². The quantitative estimate of drug-likeness (QED) is 0.370. The van der Waals surface area contributed by atoms with E-state index in [4.69, 9.17) is 21.1 Å². The van der Waals surface area contributed by atoms with Gasteiger partial charge in [0.2, 0.25) is 5.91 Å². The van der Waals surface area contributed by atoms with Gasteiger partial charge in [0.15, 0.2) is 11.5 Å². The maximum atomic E-state index is 12.7. The Kier molecular flexibility index (Phi) is 7.84. The fourth-order valence-corrected chi connectivity index (χ4v) is 4.68. The predicted molar refractivity (Wildman–Crippen MR) is 130 cm³/mol. The first-order valence-corrected chi connectivity index (χ1v) is 11.4. The number of halogens is 2. The molecule has 10 heteroatoms. The van der Waals surface area contributed by atoms with Crippen LogP contribution in [-0.4, -0.2) is 42.2 Å². The SMILES string of the molecule is CCOc1cc(/C=C2/SC(=O)N(CC(=O)Nc3ccccc3Cl)C2=O)cc(I)c1OC. The molecule has 1 aliphatic heterocycles. The van der Waals surface area contributed by atoms with E-state index in [2.05, 4.69) is 27.9 Å². The molecule has 0 aliphatic carbocycles. The molecule has 0 unspecified atom stereocenters. The zero-order valence-corrected chi connectivity index (χ0v) is 20.3. The predicted octanol–water partition coefficient (Wildman–Crippen LogP) is 5.03. The molecule has 162 valence electrons. The number of methoxy groups -OCH3 is 1. The number of ether oxygens (including phenoxy) is 2. The van der Waals surface area contributed by atoms with E-state index in [1.807, 2.05) is 13.0 Å². The number of rotatable bonds is 7. The summed E-state index contributed by atoms with van der Waals surface area (Å²) in [6.07, 6.45) is 1.60. The molecular weight excluding hydrogens is 555 g/mol. The van der Waals surface area contributed by atoms with Gasteiger partial charge in [-0.3, -0.25) is 19.3 Å². The molecule has 1 aliphatic rings. The number of nitrogens with one attached hydrogen (secondary N) is 1. The van der Waals surface area contributed by atoms with Crippen molar-refractivity contribution >= 4 is 74.8 Å². The monoisotopic (exact) mass is 572 g/mol. The van der Waals surface area contributed by atoms with Crippen LogP contribution < -0.4 is 14.8 Å². The van der Waals surface area contributed by atoms with E-state index in [0.29, 0.717) is 34.4 Å². The summed E-state index contributed by atoms with van der Waals surface area (Å²) < 4.78 is 11.8. The second-order valence-corrected chi connectivity index (χ2v) is 8.83. The number of carbonyl (C=O) groups excluding carboxylic acids is 3. The minimum absolute atomic E-state index is 0.221. The molecule has 1 N–H and O–H groups in total. The molecule has 0 aromatic heterocycles. The maximum Gasteiger partial charge on any atom is 0.294 e. The maximum absolute atomic E-state index is 12.7. The number of anilines is 1. The van der Waals surface area contributed by atoms with Crippen molar-refractivity contribution in [1.29, 1.82) is 0 Å². The zero-order valence-electron chi connectivity index (χ0n) is 16.6. The van der Waals surface area contributed by atoms with E-state index in [9.17, 15) is 14.4 Å². The zero-order chi connectivity index (χ0) is 22.5. The van der Waals surface area contributed by atoms with Gasteiger partial charge in [-0.2, -0.15) is 0 Å². The average Bonchev–Trinajstić information content (AvgIpc) is 2.97. The van der Waals surface area contributed by atoms with E-state index in [1.165, 1.54) is 0 Å². The van der Waals surface area contributed by atoms with E-state index >= 15 is 0 Å². The largest absolute Gasteiger partial charge is 0.492 e. The summed E-state index contributed by atoms with van der Waals surface area (Å²) >= 11 is 8.92. The van der Waals surface area contributed by atoms with Gasteiger partial charge < -0.3 is 14.8 Å². The summed E-state index contributed by atoms with van der Waals surface area (Å²) in [5.74, 6) is 0.0906. The van der Waals surface area contributed by atoms with Crippen molar-refractivity contribution in [2.45, 2.75) is 6.92 Å². The first-order valence-electron chi connectivity index (χ1n) is 9.14. The topological polar surface area (TPSA) is 84.9 Å². The Hall–Kier alpha value is -2.24. The minimum Gasteiger partial charge on any atom is -0.492 e. The molecule has 1 fully saturated rings. The van der Waals surface area contributed by atoms with Crippen molar-refractivity contribution < 1.29 is 23.9 Å². The van der Waals surface area contributed by atoms with Crippen molar-refractivity contribution in [1.82, 2.24) is 4.90 Å². The summed E-state index contributed by atoms with van der Waals surface area (Å²) in [5, 5.41) is 2.46. The molecule has 2 aromatic carbocycles. The van der Waals surface area contributed by atoms with Gasteiger partial charge in [-0.05, 0) is 77.2 Å². The Labute approximate surface area is 202 Å². The molecule has 3 amide bonds. The van der Waals surface area contributed by atoms with Crippen LogP contribution in [0, 0.1) is 3.57 Å². The summed E-state index contributed by atoms with van der Waals surface area (Å²) in [6.45, 7) is 1.91. The highest BCUT2D eigenvalue weighted by Gasteiger charge is 2.36. The van der Waals surface area contributed by atoms with Crippen molar-refractivity contribution in [2.75, 3.05) is 25.6 Å². The van der Waals surface area contributed by atoms with E-state index in [0.717, 1.165) is 20.2 Å². The Morgan fingerprint density at radius 1 is 1.29 bits per heavy atom. The van der Waals surface area contributed by atoms with Crippen molar-refractivity contribution in [3.05, 3.63) is 55.5 Å². The van der Waals surface area contributed by atoms with Crippen LogP contribution in [-0.2, 0) is 9.59 Å². The molecule has 0 radical (unpaired) electrons. The smallest absolute Gasteiger partial charge is 0.294 e. The number of carbonyl (C=O) groups is 3. The average molecular weight is 573 g/mol. The van der Waals surface area contributed by atoms with Crippen molar-refractivity contribution in [3.8, 4) is 11.5 Å². The summed E-state index contributed by atoms with van der Waals surface area (Å²) in [4.78, 5) is 38.6. The van der Waals surface area contributed by atoms with Gasteiger partial charge in [-0.1, -0.05) is 23.7 Å². The standard InChI is InChI=1S/C21H18ClIN2O5S/c1-3-30-16-9-12(8-14(23)19(16)29-2)10-17-20(27)25(21(28)31-17)11-18(26)24-15-7-5-4-6-13(15)22/h4-10H,3,11H2,1-2H3,(H,24,26)/b17-10+. The van der Waals surface area contributed by atoms with Gasteiger partial charge >= 0.3 is 0 Å². The first kappa shape index (κ1) is 23.4. The lowest BCUT2D eigenvalue weighted by atomic mass is 10.2. The molecule has 7 nitrogen and oxygen atoms in total. The molecule has 1 saturated heterocycles. The third kappa shape index (κ3) is 5.52. The highest BCUT2D eigenvalue weighted by Crippen LogP contribution is 2.37. The molecule has 0 spiro atoms. The number of nitrogens with zero attached hydrogens (tertiary/aromatic N) is 1. The molecule has 0 bridgehead atoms. The number of amides is 3. The number of hydrogen-bond donors (Lipinski definition) is 1. The molecular formula is C21H18ClIN2O5S. The molecule has 0 atom stereocenters. The van der Waals surface area contributed by atoms with Crippen LogP contribution in [0.3, 0.4) is 0 Å². The summed E-state index contributed by atoms with van der Waals surface area (Å²) in [5.41, 5.74) is 1.09. The number of hydrogen-bond acceptors (Lipinski definition) is 6. The normalized spacial score (nSPS) is 14.8. The second kappa shape index (κ2) is 10.4. The lowest BCUT2D eigenvalue weighted by Crippen LogP contribution is -2.36. The Balaban J connectivity index is 1.77. The number of thioether (sulfide) groups is 1. The molecule has 3 rings (SSSR count). The minimum atomic E-state index is -0.534. The lowest BCUT2D eigenvalue weighted by Gasteiger charge is -2.13. The highest BCUT2D eigenvalue weighted by molar-refractivity contribution is 14.1. The molecule has 0 saturated carbocycles. The van der Waals surface area contributed by atoms with Crippen LogP contribution in [0.2, 0.25) is 5.02 Å². The third-order valence-electron chi connectivity index (χ3n) is 4.16. The van der Waals surface area contributed by atoms with Crippen molar-refractivity contribution in [2.24, 2.45) is 0 Å². The molecule has 1 heterocycles. The summed E-state index contributed by atoms with van der Waals surface area (Å²) in [7, 11) is 1.55.